The molecule has 0 saturated heterocycles. The maximum absolute atomic E-state index is 12.8. The quantitative estimate of drug-likeness (QED) is 0.453. The van der Waals surface area contributed by atoms with E-state index < -0.39 is 11.7 Å². The number of hydrogen-bond donors (Lipinski definition) is 0. The Morgan fingerprint density at radius 2 is 1.79 bits per heavy atom. The number of rotatable bonds is 6. The van der Waals surface area contributed by atoms with E-state index in [0.717, 1.165) is 48.3 Å². The summed E-state index contributed by atoms with van der Waals surface area (Å²) in [7, 11) is 0. The normalized spacial score (nSPS) is 12.9. The molecule has 4 rings (SSSR count). The summed E-state index contributed by atoms with van der Waals surface area (Å²) in [6, 6.07) is 14.0. The molecule has 34 heavy (non-hydrogen) atoms. The van der Waals surface area contributed by atoms with Crippen molar-refractivity contribution < 1.29 is 19.1 Å². The Morgan fingerprint density at radius 3 is 2.50 bits per heavy atom. The topological polar surface area (TPSA) is 70.4 Å². The van der Waals surface area contributed by atoms with E-state index in [4.69, 9.17) is 14.5 Å². The van der Waals surface area contributed by atoms with Crippen LogP contribution in [0.15, 0.2) is 48.7 Å². The van der Waals surface area contributed by atoms with E-state index in [1.807, 2.05) is 52.0 Å². The van der Waals surface area contributed by atoms with Gasteiger partial charge in [0.2, 0.25) is 0 Å². The minimum Gasteiger partial charge on any atom is -0.466 e. The van der Waals surface area contributed by atoms with Gasteiger partial charge in [-0.25, -0.2) is 4.79 Å². The highest BCUT2D eigenvalue weighted by Gasteiger charge is 2.23. The Morgan fingerprint density at radius 1 is 1.06 bits per heavy atom. The lowest BCUT2D eigenvalue weighted by Gasteiger charge is -2.20. The van der Waals surface area contributed by atoms with Gasteiger partial charge in [0.25, 0.3) is 0 Å². The molecule has 178 valence electrons. The van der Waals surface area contributed by atoms with E-state index >= 15 is 0 Å². The highest BCUT2D eigenvalue weighted by atomic mass is 16.6. The van der Waals surface area contributed by atoms with Gasteiger partial charge in [-0.3, -0.25) is 14.3 Å². The van der Waals surface area contributed by atoms with E-state index in [1.54, 1.807) is 6.20 Å². The van der Waals surface area contributed by atoms with Gasteiger partial charge in [0.1, 0.15) is 5.60 Å². The number of aromatic nitrogens is 2. The molecule has 2 heterocycles. The second kappa shape index (κ2) is 9.84. The molecule has 0 N–H and O–H groups in total. The van der Waals surface area contributed by atoms with Crippen molar-refractivity contribution in [3.8, 4) is 11.4 Å². The molecule has 0 saturated carbocycles. The molecule has 0 aliphatic heterocycles. The van der Waals surface area contributed by atoms with E-state index in [-0.39, 0.29) is 12.4 Å². The number of aryl methyl sites for hydroxylation is 1. The van der Waals surface area contributed by atoms with Crippen molar-refractivity contribution in [2.45, 2.75) is 65.4 Å². The van der Waals surface area contributed by atoms with Crippen LogP contribution < -0.4 is 0 Å². The molecule has 6 nitrogen and oxygen atoms in total. The van der Waals surface area contributed by atoms with Crippen LogP contribution in [0.25, 0.3) is 11.4 Å². The summed E-state index contributed by atoms with van der Waals surface area (Å²) < 4.78 is 12.2. The zero-order valence-corrected chi connectivity index (χ0v) is 20.4. The molecule has 6 heteroatoms. The van der Waals surface area contributed by atoms with Crippen LogP contribution in [0.3, 0.4) is 0 Å². The number of nitrogens with zero attached hydrogens (tertiary/aromatic N) is 2. The van der Waals surface area contributed by atoms with Gasteiger partial charge in [0.05, 0.1) is 24.4 Å². The van der Waals surface area contributed by atoms with Crippen LogP contribution in [0.1, 0.15) is 62.1 Å². The van der Waals surface area contributed by atoms with Crippen LogP contribution >= 0.6 is 0 Å². The first-order valence-corrected chi connectivity index (χ1v) is 11.9. The SMILES string of the molecule is CCOC(=O)Cc1ccc(Cc2cc(-c3cccn3C(=O)OC(C)(C)C)nc3c2CCC3)cc1. The van der Waals surface area contributed by atoms with Gasteiger partial charge in [0.15, 0.2) is 0 Å². The van der Waals surface area contributed by atoms with Crippen molar-refractivity contribution in [2.24, 2.45) is 0 Å². The van der Waals surface area contributed by atoms with Gasteiger partial charge in [0, 0.05) is 11.9 Å². The zero-order valence-electron chi connectivity index (χ0n) is 20.4. The second-order valence-corrected chi connectivity index (χ2v) is 9.66. The Bertz CT molecular complexity index is 1190. The average Bonchev–Trinajstić information content (AvgIpc) is 3.43. The summed E-state index contributed by atoms with van der Waals surface area (Å²) in [5.41, 5.74) is 6.71. The Kier molecular flexibility index (Phi) is 6.87. The first-order valence-electron chi connectivity index (χ1n) is 11.9. The van der Waals surface area contributed by atoms with Crippen LogP contribution in [0.2, 0.25) is 0 Å². The predicted molar refractivity (Wildman–Crippen MR) is 131 cm³/mol. The molecule has 0 atom stereocenters. The van der Waals surface area contributed by atoms with Crippen molar-refractivity contribution >= 4 is 12.1 Å². The number of ether oxygens (including phenoxy) is 2. The Hall–Kier alpha value is -3.41. The molecule has 0 radical (unpaired) electrons. The molecule has 2 aromatic heterocycles. The maximum atomic E-state index is 12.8. The second-order valence-electron chi connectivity index (χ2n) is 9.66. The number of carbonyl (C=O) groups excluding carboxylic acids is 2. The van der Waals surface area contributed by atoms with E-state index in [2.05, 4.69) is 18.2 Å². The fourth-order valence-corrected chi connectivity index (χ4v) is 4.35. The first-order chi connectivity index (χ1) is 16.2. The van der Waals surface area contributed by atoms with E-state index in [0.29, 0.717) is 6.61 Å². The smallest absolute Gasteiger partial charge is 0.419 e. The number of pyridine rings is 1. The molecule has 1 aliphatic carbocycles. The first kappa shape index (κ1) is 23.7. The van der Waals surface area contributed by atoms with Gasteiger partial charge in [-0.1, -0.05) is 24.3 Å². The van der Waals surface area contributed by atoms with Crippen molar-refractivity contribution in [1.29, 1.82) is 0 Å². The van der Waals surface area contributed by atoms with Gasteiger partial charge < -0.3 is 9.47 Å². The summed E-state index contributed by atoms with van der Waals surface area (Å²) in [6.07, 6.45) is 5.42. The fraction of sp³-hybridized carbons (Fsp3) is 0.393. The molecule has 0 bridgehead atoms. The third-order valence-electron chi connectivity index (χ3n) is 5.82. The third kappa shape index (κ3) is 5.56. The van der Waals surface area contributed by atoms with Crippen molar-refractivity contribution in [1.82, 2.24) is 9.55 Å². The van der Waals surface area contributed by atoms with Crippen LogP contribution in [-0.2, 0) is 40.0 Å². The molecule has 0 amide bonds. The van der Waals surface area contributed by atoms with Gasteiger partial charge in [-0.2, -0.15) is 0 Å². The van der Waals surface area contributed by atoms with Crippen LogP contribution in [0.4, 0.5) is 4.79 Å². The molecule has 0 fully saturated rings. The lowest BCUT2D eigenvalue weighted by molar-refractivity contribution is -0.142. The average molecular weight is 461 g/mol. The molecule has 1 aliphatic rings. The van der Waals surface area contributed by atoms with Crippen LogP contribution in [-0.4, -0.2) is 33.8 Å². The van der Waals surface area contributed by atoms with E-state index in [9.17, 15) is 9.59 Å². The summed E-state index contributed by atoms with van der Waals surface area (Å²) in [6.45, 7) is 7.78. The van der Waals surface area contributed by atoms with Crippen molar-refractivity contribution in [3.63, 3.8) is 0 Å². The highest BCUT2D eigenvalue weighted by Crippen LogP contribution is 2.31. The Labute approximate surface area is 200 Å². The number of esters is 1. The van der Waals surface area contributed by atoms with Crippen molar-refractivity contribution in [2.75, 3.05) is 6.61 Å². The van der Waals surface area contributed by atoms with Gasteiger partial charge in [-0.15, -0.1) is 0 Å². The molecule has 0 unspecified atom stereocenters. The van der Waals surface area contributed by atoms with Gasteiger partial charge in [-0.05, 0) is 93.8 Å². The minimum atomic E-state index is -0.575. The summed E-state index contributed by atoms with van der Waals surface area (Å²) in [4.78, 5) is 29.4. The summed E-state index contributed by atoms with van der Waals surface area (Å²) in [5, 5.41) is 0. The summed E-state index contributed by atoms with van der Waals surface area (Å²) in [5.74, 6) is -0.208. The number of benzene rings is 1. The molecular formula is C28H32N2O4. The molecule has 1 aromatic carbocycles. The number of hydrogen-bond acceptors (Lipinski definition) is 5. The summed E-state index contributed by atoms with van der Waals surface area (Å²) >= 11 is 0. The third-order valence-corrected chi connectivity index (χ3v) is 5.82. The molecular weight excluding hydrogens is 428 g/mol. The van der Waals surface area contributed by atoms with Crippen LogP contribution in [0, 0.1) is 0 Å². The lowest BCUT2D eigenvalue weighted by Crippen LogP contribution is -2.27. The standard InChI is InChI=1S/C28H32N2O4/c1-5-33-26(31)17-20-13-11-19(12-14-20)16-21-18-24(29-23-9-6-8-22(21)23)25-10-7-15-30(25)27(32)34-28(2,3)4/h7,10-15,18H,5-6,8-9,16-17H2,1-4H3. The Balaban J connectivity index is 1.60. The van der Waals surface area contributed by atoms with E-state index in [1.165, 1.54) is 21.3 Å². The maximum Gasteiger partial charge on any atom is 0.419 e. The van der Waals surface area contributed by atoms with Gasteiger partial charge >= 0.3 is 12.1 Å². The lowest BCUT2D eigenvalue weighted by atomic mass is 9.97. The highest BCUT2D eigenvalue weighted by molar-refractivity contribution is 5.78. The number of carbonyl (C=O) groups is 2. The van der Waals surface area contributed by atoms with Crippen LogP contribution in [0.5, 0.6) is 0 Å². The zero-order chi connectivity index (χ0) is 24.3. The molecule has 3 aromatic rings. The number of fused-ring (bicyclic) bond motifs is 1. The largest absolute Gasteiger partial charge is 0.466 e. The van der Waals surface area contributed by atoms with Crippen molar-refractivity contribution in [3.05, 3.63) is 76.6 Å². The minimum absolute atomic E-state index is 0.208. The fourth-order valence-electron chi connectivity index (χ4n) is 4.35. The molecule has 0 spiro atoms. The monoisotopic (exact) mass is 460 g/mol. The predicted octanol–water partition coefficient (Wildman–Crippen LogP) is 5.52.